The van der Waals surface area contributed by atoms with Crippen LogP contribution in [0, 0.1) is 0 Å². The van der Waals surface area contributed by atoms with E-state index in [1.165, 1.54) is 9.79 Å². The summed E-state index contributed by atoms with van der Waals surface area (Å²) < 4.78 is 3.71. The van der Waals surface area contributed by atoms with E-state index in [0.717, 1.165) is 35.9 Å². The van der Waals surface area contributed by atoms with Crippen molar-refractivity contribution < 1.29 is 0 Å². The molecule has 180 valence electrons. The fourth-order valence-corrected chi connectivity index (χ4v) is 8.56. The van der Waals surface area contributed by atoms with E-state index in [1.54, 1.807) is 34.4 Å². The van der Waals surface area contributed by atoms with Gasteiger partial charge in [-0.1, -0.05) is 48.2 Å². The summed E-state index contributed by atoms with van der Waals surface area (Å²) in [7, 11) is 0. The van der Waals surface area contributed by atoms with Crippen molar-refractivity contribution in [2.24, 2.45) is 0 Å². The largest absolute Gasteiger partial charge is 0.308 e. The van der Waals surface area contributed by atoms with E-state index in [-0.39, 0.29) is 10.9 Å². The standard InChI is InChI=1S/C32H17NO2S3/c34-31-19-7-1-4-10-25(19)36-29-17-30-22(16-21(29)31)32(35)20-15-18(13-14-26(20)37-30)33-23-8-2-5-11-27(23)38-28-12-6-3-9-24(28)33/h1-17H. The normalized spacial score (nSPS) is 12.8. The van der Waals surface area contributed by atoms with Gasteiger partial charge < -0.3 is 4.90 Å². The van der Waals surface area contributed by atoms with Crippen molar-refractivity contribution >= 4 is 91.8 Å². The van der Waals surface area contributed by atoms with Gasteiger partial charge in [-0.25, -0.2) is 0 Å². The van der Waals surface area contributed by atoms with Crippen molar-refractivity contribution in [2.75, 3.05) is 4.90 Å². The van der Waals surface area contributed by atoms with Crippen LogP contribution in [0.15, 0.2) is 123 Å². The second-order valence-electron chi connectivity index (χ2n) is 9.26. The van der Waals surface area contributed by atoms with Gasteiger partial charge in [0, 0.05) is 55.8 Å². The zero-order valence-corrected chi connectivity index (χ0v) is 22.3. The van der Waals surface area contributed by atoms with Crippen LogP contribution >= 0.6 is 34.4 Å². The zero-order valence-electron chi connectivity index (χ0n) is 19.8. The molecular formula is C32H17NO2S3. The Labute approximate surface area is 229 Å². The van der Waals surface area contributed by atoms with Crippen LogP contribution in [-0.4, -0.2) is 0 Å². The maximum atomic E-state index is 13.9. The van der Waals surface area contributed by atoms with E-state index >= 15 is 0 Å². The van der Waals surface area contributed by atoms with Crippen LogP contribution in [0.25, 0.3) is 40.3 Å². The molecular weight excluding hydrogens is 527 g/mol. The Kier molecular flexibility index (Phi) is 4.80. The number of hydrogen-bond acceptors (Lipinski definition) is 6. The summed E-state index contributed by atoms with van der Waals surface area (Å²) in [5.74, 6) is 0. The number of rotatable bonds is 1. The van der Waals surface area contributed by atoms with Gasteiger partial charge >= 0.3 is 0 Å². The molecule has 0 saturated carbocycles. The maximum absolute atomic E-state index is 13.9. The average molecular weight is 544 g/mol. The van der Waals surface area contributed by atoms with Crippen LogP contribution in [0.2, 0.25) is 0 Å². The highest BCUT2D eigenvalue weighted by atomic mass is 32.2. The Morgan fingerprint density at radius 2 is 1.03 bits per heavy atom. The third-order valence-corrected chi connectivity index (χ3v) is 10.4. The molecule has 3 heterocycles. The molecule has 0 saturated heterocycles. The lowest BCUT2D eigenvalue weighted by Crippen LogP contribution is -2.15. The van der Waals surface area contributed by atoms with Crippen molar-refractivity contribution in [3.8, 4) is 0 Å². The molecule has 38 heavy (non-hydrogen) atoms. The number of hydrogen-bond donors (Lipinski definition) is 0. The van der Waals surface area contributed by atoms with Gasteiger partial charge in [0.2, 0.25) is 0 Å². The van der Waals surface area contributed by atoms with Crippen LogP contribution in [-0.2, 0) is 0 Å². The van der Waals surface area contributed by atoms with E-state index in [4.69, 9.17) is 0 Å². The Hall–Kier alpha value is -3.97. The average Bonchev–Trinajstić information content (AvgIpc) is 2.95. The molecule has 7 aromatic rings. The first-order valence-corrected chi connectivity index (χ1v) is 14.6. The van der Waals surface area contributed by atoms with Crippen LogP contribution in [0.3, 0.4) is 0 Å². The van der Waals surface area contributed by atoms with Gasteiger partial charge in [-0.3, -0.25) is 9.59 Å². The zero-order chi connectivity index (χ0) is 25.4. The lowest BCUT2D eigenvalue weighted by atomic mass is 10.1. The number of benzene rings is 5. The van der Waals surface area contributed by atoms with Gasteiger partial charge in [0.25, 0.3) is 0 Å². The van der Waals surface area contributed by atoms with E-state index in [0.29, 0.717) is 21.5 Å². The van der Waals surface area contributed by atoms with Gasteiger partial charge in [-0.15, -0.1) is 22.7 Å². The summed E-state index contributed by atoms with van der Waals surface area (Å²) >= 11 is 4.96. The molecule has 1 aliphatic rings. The molecule has 0 bridgehead atoms. The molecule has 0 atom stereocenters. The summed E-state index contributed by atoms with van der Waals surface area (Å²) in [4.78, 5) is 31.8. The highest BCUT2D eigenvalue weighted by Gasteiger charge is 2.24. The number of nitrogens with zero attached hydrogens (tertiary/aromatic N) is 1. The topological polar surface area (TPSA) is 37.4 Å². The predicted octanol–water partition coefficient (Wildman–Crippen LogP) is 9.08. The molecule has 0 unspecified atom stereocenters. The van der Waals surface area contributed by atoms with Crippen LogP contribution < -0.4 is 15.8 Å². The molecule has 0 radical (unpaired) electrons. The maximum Gasteiger partial charge on any atom is 0.195 e. The molecule has 0 amide bonds. The molecule has 1 aliphatic heterocycles. The third-order valence-electron chi connectivity index (χ3n) is 7.04. The molecule has 6 heteroatoms. The van der Waals surface area contributed by atoms with Crippen LogP contribution in [0.1, 0.15) is 0 Å². The van der Waals surface area contributed by atoms with E-state index in [9.17, 15) is 9.59 Å². The van der Waals surface area contributed by atoms with Gasteiger partial charge in [0.1, 0.15) is 0 Å². The third kappa shape index (κ3) is 3.21. The van der Waals surface area contributed by atoms with Crippen LogP contribution in [0.4, 0.5) is 17.1 Å². The minimum atomic E-state index is -0.0389. The summed E-state index contributed by atoms with van der Waals surface area (Å²) in [6.45, 7) is 0. The smallest absolute Gasteiger partial charge is 0.195 e. The molecule has 5 aromatic carbocycles. The monoisotopic (exact) mass is 543 g/mol. The lowest BCUT2D eigenvalue weighted by Gasteiger charge is -2.32. The fraction of sp³-hybridized carbons (Fsp3) is 0. The van der Waals surface area contributed by atoms with Gasteiger partial charge in [-0.2, -0.15) is 0 Å². The second kappa shape index (κ2) is 8.27. The second-order valence-corrected chi connectivity index (χ2v) is 12.5. The van der Waals surface area contributed by atoms with Gasteiger partial charge in [0.05, 0.1) is 11.4 Å². The van der Waals surface area contributed by atoms with Crippen LogP contribution in [0.5, 0.6) is 0 Å². The molecule has 0 fully saturated rings. The molecule has 8 rings (SSSR count). The van der Waals surface area contributed by atoms with E-state index in [2.05, 4.69) is 53.4 Å². The van der Waals surface area contributed by atoms with E-state index in [1.807, 2.05) is 54.6 Å². The Balaban J connectivity index is 1.39. The van der Waals surface area contributed by atoms with Crippen molar-refractivity contribution in [3.05, 3.63) is 124 Å². The number of anilines is 3. The minimum absolute atomic E-state index is 0.0199. The molecule has 0 spiro atoms. The highest BCUT2D eigenvalue weighted by molar-refractivity contribution is 7.99. The fourth-order valence-electron chi connectivity index (χ4n) is 5.26. The minimum Gasteiger partial charge on any atom is -0.308 e. The first-order valence-electron chi connectivity index (χ1n) is 12.2. The van der Waals surface area contributed by atoms with E-state index < -0.39 is 0 Å². The summed E-state index contributed by atoms with van der Waals surface area (Å²) in [5.41, 5.74) is 3.09. The lowest BCUT2D eigenvalue weighted by molar-refractivity contribution is 1.17. The molecule has 2 aromatic heterocycles. The van der Waals surface area contributed by atoms with Gasteiger partial charge in [-0.05, 0) is 66.7 Å². The van der Waals surface area contributed by atoms with Crippen molar-refractivity contribution in [2.45, 2.75) is 9.79 Å². The summed E-state index contributed by atoms with van der Waals surface area (Å²) in [6, 6.07) is 34.4. The molecule has 0 N–H and O–H groups in total. The van der Waals surface area contributed by atoms with Gasteiger partial charge in [0.15, 0.2) is 10.9 Å². The highest BCUT2D eigenvalue weighted by Crippen LogP contribution is 2.51. The Morgan fingerprint density at radius 3 is 1.74 bits per heavy atom. The first-order chi connectivity index (χ1) is 18.7. The van der Waals surface area contributed by atoms with Crippen molar-refractivity contribution in [1.29, 1.82) is 0 Å². The van der Waals surface area contributed by atoms with Crippen molar-refractivity contribution in [1.82, 2.24) is 0 Å². The Morgan fingerprint density at radius 1 is 0.474 bits per heavy atom. The first kappa shape index (κ1) is 22.1. The van der Waals surface area contributed by atoms with Crippen molar-refractivity contribution in [3.63, 3.8) is 0 Å². The predicted molar refractivity (Wildman–Crippen MR) is 164 cm³/mol. The quantitative estimate of drug-likeness (QED) is 0.194. The SMILES string of the molecule is O=c1c2ccccc2sc2cc3sc4ccc(N5c6ccccc6Sc6ccccc65)cc4c(=O)c3cc12. The summed E-state index contributed by atoms with van der Waals surface area (Å²) in [6.07, 6.45) is 0. The number of para-hydroxylation sites is 2. The summed E-state index contributed by atoms with van der Waals surface area (Å²) in [5, 5.41) is 2.58. The molecule has 3 nitrogen and oxygen atoms in total. The Bertz CT molecular complexity index is 2190. The molecule has 0 aliphatic carbocycles. The number of fused-ring (bicyclic) bond motifs is 6.